The number of carbonyl (C=O) groups is 1. The number of hydrogen-bond donors (Lipinski definition) is 1. The first-order valence-electron chi connectivity index (χ1n) is 5.81. The molecule has 18 heavy (non-hydrogen) atoms. The Morgan fingerprint density at radius 1 is 1.61 bits per heavy atom. The third-order valence-corrected chi connectivity index (χ3v) is 3.51. The van der Waals surface area contributed by atoms with Gasteiger partial charge in [0.25, 0.3) is 0 Å². The molecule has 1 aromatic carbocycles. The quantitative estimate of drug-likeness (QED) is 0.929. The Bertz CT molecular complexity index is 505. The summed E-state index contributed by atoms with van der Waals surface area (Å²) in [5, 5.41) is 12.0. The van der Waals surface area contributed by atoms with Gasteiger partial charge in [-0.1, -0.05) is 15.9 Å². The van der Waals surface area contributed by atoms with Crippen molar-refractivity contribution in [2.75, 3.05) is 18.9 Å². The summed E-state index contributed by atoms with van der Waals surface area (Å²) in [6.07, 6.45) is 2.20. The van der Waals surface area contributed by atoms with Gasteiger partial charge in [0.15, 0.2) is 0 Å². The minimum atomic E-state index is 0.0568. The number of anilines is 1. The van der Waals surface area contributed by atoms with Crippen LogP contribution >= 0.6 is 15.9 Å². The molecule has 1 aliphatic carbocycles. The van der Waals surface area contributed by atoms with Gasteiger partial charge in [-0.15, -0.1) is 0 Å². The van der Waals surface area contributed by atoms with Crippen LogP contribution in [0, 0.1) is 11.3 Å². The fraction of sp³-hybridized carbons (Fsp3) is 0.385. The molecular weight excluding hydrogens is 294 g/mol. The van der Waals surface area contributed by atoms with Gasteiger partial charge in [-0.25, -0.2) is 0 Å². The standard InChI is InChI=1S/C13H14BrN3O/c1-17(11-4-5-11)13(18)8-16-12-6-10(14)3-2-9(12)7-15/h2-3,6,11,16H,4-5,8H2,1H3. The molecule has 0 saturated heterocycles. The van der Waals surface area contributed by atoms with Crippen LogP contribution in [0.1, 0.15) is 18.4 Å². The van der Waals surface area contributed by atoms with Gasteiger partial charge >= 0.3 is 0 Å². The Morgan fingerprint density at radius 2 is 2.33 bits per heavy atom. The molecule has 1 saturated carbocycles. The number of hydrogen-bond acceptors (Lipinski definition) is 3. The molecule has 0 heterocycles. The third kappa shape index (κ3) is 3.02. The van der Waals surface area contributed by atoms with Crippen LogP contribution in [0.2, 0.25) is 0 Å². The van der Waals surface area contributed by atoms with E-state index in [9.17, 15) is 4.79 Å². The Hall–Kier alpha value is -1.54. The van der Waals surface area contributed by atoms with Crippen LogP contribution in [0.3, 0.4) is 0 Å². The summed E-state index contributed by atoms with van der Waals surface area (Å²) < 4.78 is 0.881. The lowest BCUT2D eigenvalue weighted by molar-refractivity contribution is -0.128. The minimum absolute atomic E-state index is 0.0568. The maximum absolute atomic E-state index is 11.9. The monoisotopic (exact) mass is 307 g/mol. The van der Waals surface area contributed by atoms with E-state index in [1.165, 1.54) is 0 Å². The van der Waals surface area contributed by atoms with Crippen molar-refractivity contribution < 1.29 is 4.79 Å². The van der Waals surface area contributed by atoms with E-state index >= 15 is 0 Å². The Morgan fingerprint density at radius 3 is 2.94 bits per heavy atom. The summed E-state index contributed by atoms with van der Waals surface area (Å²) in [5.41, 5.74) is 1.23. The van der Waals surface area contributed by atoms with Gasteiger partial charge in [0.2, 0.25) is 5.91 Å². The Balaban J connectivity index is 1.99. The zero-order valence-corrected chi connectivity index (χ0v) is 11.7. The van der Waals surface area contributed by atoms with E-state index in [4.69, 9.17) is 5.26 Å². The van der Waals surface area contributed by atoms with E-state index in [0.717, 1.165) is 17.3 Å². The predicted molar refractivity (Wildman–Crippen MR) is 73.1 cm³/mol. The summed E-state index contributed by atoms with van der Waals surface area (Å²) in [4.78, 5) is 13.6. The predicted octanol–water partition coefficient (Wildman–Crippen LogP) is 2.35. The molecule has 1 aromatic rings. The molecule has 2 rings (SSSR count). The molecule has 0 atom stereocenters. The van der Waals surface area contributed by atoms with Crippen molar-refractivity contribution in [2.45, 2.75) is 18.9 Å². The number of nitrogens with one attached hydrogen (secondary N) is 1. The number of rotatable bonds is 4. The fourth-order valence-electron chi connectivity index (χ4n) is 1.72. The lowest BCUT2D eigenvalue weighted by Gasteiger charge is -2.17. The van der Waals surface area contributed by atoms with E-state index in [1.54, 1.807) is 11.0 Å². The van der Waals surface area contributed by atoms with Gasteiger partial charge in [-0.2, -0.15) is 5.26 Å². The largest absolute Gasteiger partial charge is 0.375 e. The SMILES string of the molecule is CN(C(=O)CNc1cc(Br)ccc1C#N)C1CC1. The number of nitriles is 1. The van der Waals surface area contributed by atoms with Gasteiger partial charge in [-0.3, -0.25) is 4.79 Å². The van der Waals surface area contributed by atoms with Crippen molar-refractivity contribution in [3.63, 3.8) is 0 Å². The average molecular weight is 308 g/mol. The molecule has 1 fully saturated rings. The summed E-state index contributed by atoms with van der Waals surface area (Å²) in [6, 6.07) is 7.86. The molecule has 1 amide bonds. The van der Waals surface area contributed by atoms with Crippen LogP contribution in [0.25, 0.3) is 0 Å². The van der Waals surface area contributed by atoms with Crippen molar-refractivity contribution >= 4 is 27.5 Å². The highest BCUT2D eigenvalue weighted by molar-refractivity contribution is 9.10. The highest BCUT2D eigenvalue weighted by atomic mass is 79.9. The molecule has 94 valence electrons. The van der Waals surface area contributed by atoms with Gasteiger partial charge in [0.1, 0.15) is 6.07 Å². The number of nitrogens with zero attached hydrogens (tertiary/aromatic N) is 2. The van der Waals surface area contributed by atoms with Crippen molar-refractivity contribution in [1.29, 1.82) is 5.26 Å². The van der Waals surface area contributed by atoms with E-state index in [2.05, 4.69) is 27.3 Å². The molecule has 0 radical (unpaired) electrons. The van der Waals surface area contributed by atoms with Crippen molar-refractivity contribution in [3.8, 4) is 6.07 Å². The van der Waals surface area contributed by atoms with Crippen molar-refractivity contribution in [1.82, 2.24) is 4.90 Å². The second-order valence-electron chi connectivity index (χ2n) is 4.39. The van der Waals surface area contributed by atoms with Gasteiger partial charge in [0, 0.05) is 17.6 Å². The van der Waals surface area contributed by atoms with Crippen molar-refractivity contribution in [2.24, 2.45) is 0 Å². The molecule has 1 aliphatic rings. The van der Waals surface area contributed by atoms with Gasteiger partial charge < -0.3 is 10.2 Å². The van der Waals surface area contributed by atoms with Crippen LogP contribution in [-0.2, 0) is 4.79 Å². The van der Waals surface area contributed by atoms with Crippen LogP contribution in [0.15, 0.2) is 22.7 Å². The molecule has 0 spiro atoms. The lowest BCUT2D eigenvalue weighted by Crippen LogP contribution is -2.33. The average Bonchev–Trinajstić information content (AvgIpc) is 3.19. The smallest absolute Gasteiger partial charge is 0.241 e. The van der Waals surface area contributed by atoms with E-state index in [1.807, 2.05) is 19.2 Å². The zero-order chi connectivity index (χ0) is 13.1. The van der Waals surface area contributed by atoms with Crippen molar-refractivity contribution in [3.05, 3.63) is 28.2 Å². The maximum Gasteiger partial charge on any atom is 0.241 e. The first-order chi connectivity index (χ1) is 8.61. The first kappa shape index (κ1) is 12.9. The maximum atomic E-state index is 11.9. The van der Waals surface area contributed by atoms with E-state index in [0.29, 0.717) is 17.3 Å². The number of amides is 1. The normalized spacial score (nSPS) is 13.8. The molecular formula is C13H14BrN3O. The van der Waals surface area contributed by atoms with Crippen LogP contribution in [-0.4, -0.2) is 30.4 Å². The van der Waals surface area contributed by atoms with Crippen LogP contribution < -0.4 is 5.32 Å². The fourth-order valence-corrected chi connectivity index (χ4v) is 2.08. The van der Waals surface area contributed by atoms with Crippen LogP contribution in [0.5, 0.6) is 0 Å². The third-order valence-electron chi connectivity index (χ3n) is 3.02. The molecule has 0 aromatic heterocycles. The van der Waals surface area contributed by atoms with Gasteiger partial charge in [0.05, 0.1) is 17.8 Å². The molecule has 0 bridgehead atoms. The second kappa shape index (κ2) is 5.40. The Kier molecular flexibility index (Phi) is 3.87. The number of likely N-dealkylation sites (N-methyl/N-ethyl adjacent to an activating group) is 1. The molecule has 4 nitrogen and oxygen atoms in total. The summed E-state index contributed by atoms with van der Waals surface area (Å²) >= 11 is 3.35. The summed E-state index contributed by atoms with van der Waals surface area (Å²) in [5.74, 6) is 0.0568. The minimum Gasteiger partial charge on any atom is -0.375 e. The van der Waals surface area contributed by atoms with Gasteiger partial charge in [-0.05, 0) is 31.0 Å². The highest BCUT2D eigenvalue weighted by Crippen LogP contribution is 2.25. The van der Waals surface area contributed by atoms with Crippen LogP contribution in [0.4, 0.5) is 5.69 Å². The summed E-state index contributed by atoms with van der Waals surface area (Å²) in [6.45, 7) is 0.220. The highest BCUT2D eigenvalue weighted by Gasteiger charge is 2.29. The number of carbonyl (C=O) groups excluding carboxylic acids is 1. The molecule has 0 aliphatic heterocycles. The topological polar surface area (TPSA) is 56.1 Å². The number of halogens is 1. The zero-order valence-electron chi connectivity index (χ0n) is 10.1. The Labute approximate surface area is 115 Å². The molecule has 5 heteroatoms. The number of benzene rings is 1. The van der Waals surface area contributed by atoms with E-state index in [-0.39, 0.29) is 12.5 Å². The second-order valence-corrected chi connectivity index (χ2v) is 5.31. The summed E-state index contributed by atoms with van der Waals surface area (Å²) in [7, 11) is 1.83. The first-order valence-corrected chi connectivity index (χ1v) is 6.60. The molecule has 0 unspecified atom stereocenters. The molecule has 1 N–H and O–H groups in total. The van der Waals surface area contributed by atoms with E-state index < -0.39 is 0 Å². The lowest BCUT2D eigenvalue weighted by atomic mass is 10.2.